The zero-order valence-electron chi connectivity index (χ0n) is 12.6. The molecular formula is C16H12F2N4OS. The van der Waals surface area contributed by atoms with Crippen LogP contribution in [0.25, 0.3) is 5.69 Å². The van der Waals surface area contributed by atoms with Crippen LogP contribution >= 0.6 is 11.8 Å². The van der Waals surface area contributed by atoms with Crippen molar-refractivity contribution in [2.24, 2.45) is 0 Å². The van der Waals surface area contributed by atoms with E-state index in [1.165, 1.54) is 41.1 Å². The predicted octanol–water partition coefficient (Wildman–Crippen LogP) is 3.30. The number of rotatable bonds is 5. The highest BCUT2D eigenvalue weighted by Gasteiger charge is 2.20. The van der Waals surface area contributed by atoms with Crippen LogP contribution in [0.5, 0.6) is 0 Å². The number of thioether (sulfide) groups is 1. The van der Waals surface area contributed by atoms with E-state index in [-0.39, 0.29) is 5.78 Å². The van der Waals surface area contributed by atoms with Gasteiger partial charge in [0.2, 0.25) is 5.16 Å². The van der Waals surface area contributed by atoms with Crippen molar-refractivity contribution in [3.8, 4) is 5.69 Å². The van der Waals surface area contributed by atoms with E-state index in [4.69, 9.17) is 0 Å². The topological polar surface area (TPSA) is 60.7 Å². The van der Waals surface area contributed by atoms with E-state index < -0.39 is 16.9 Å². The first-order valence-corrected chi connectivity index (χ1v) is 7.93. The maximum atomic E-state index is 13.4. The number of nitrogens with zero attached hydrogens (tertiary/aromatic N) is 4. The number of benzene rings is 2. The van der Waals surface area contributed by atoms with Crippen molar-refractivity contribution in [1.82, 2.24) is 20.2 Å². The van der Waals surface area contributed by atoms with Crippen LogP contribution in [0.15, 0.2) is 53.7 Å². The lowest BCUT2D eigenvalue weighted by atomic mass is 10.1. The van der Waals surface area contributed by atoms with E-state index in [2.05, 4.69) is 15.5 Å². The average molecular weight is 346 g/mol. The van der Waals surface area contributed by atoms with Gasteiger partial charge in [-0.3, -0.25) is 4.79 Å². The minimum atomic E-state index is -0.492. The number of tetrazole rings is 1. The fourth-order valence-corrected chi connectivity index (χ4v) is 2.97. The maximum absolute atomic E-state index is 13.4. The Hall–Kier alpha value is -2.61. The molecule has 1 aromatic heterocycles. The Labute approximate surface area is 140 Å². The fraction of sp³-hybridized carbons (Fsp3) is 0.125. The van der Waals surface area contributed by atoms with Crippen LogP contribution in [0.2, 0.25) is 0 Å². The van der Waals surface area contributed by atoms with E-state index in [1.807, 2.05) is 0 Å². The van der Waals surface area contributed by atoms with Crippen molar-refractivity contribution in [3.05, 3.63) is 65.7 Å². The van der Waals surface area contributed by atoms with Crippen LogP contribution < -0.4 is 0 Å². The molecule has 3 aromatic rings. The molecule has 0 fully saturated rings. The third kappa shape index (κ3) is 3.48. The van der Waals surface area contributed by atoms with Gasteiger partial charge in [0.1, 0.15) is 11.6 Å². The summed E-state index contributed by atoms with van der Waals surface area (Å²) in [4.78, 5) is 12.4. The van der Waals surface area contributed by atoms with Crippen molar-refractivity contribution in [2.45, 2.75) is 17.3 Å². The highest BCUT2D eigenvalue weighted by molar-refractivity contribution is 8.00. The van der Waals surface area contributed by atoms with Crippen LogP contribution in [0.3, 0.4) is 0 Å². The van der Waals surface area contributed by atoms with Gasteiger partial charge in [-0.05, 0) is 59.8 Å². The Morgan fingerprint density at radius 1 is 1.12 bits per heavy atom. The SMILES string of the molecule is C[C@H](Sc1nnnn1-c1cccc(F)c1)C(=O)c1ccc(F)cc1. The molecule has 1 heterocycles. The second kappa shape index (κ2) is 6.88. The number of aromatic nitrogens is 4. The Morgan fingerprint density at radius 2 is 1.88 bits per heavy atom. The predicted molar refractivity (Wildman–Crippen MR) is 85.2 cm³/mol. The van der Waals surface area contributed by atoms with Crippen LogP contribution in [0, 0.1) is 11.6 Å². The monoisotopic (exact) mass is 346 g/mol. The summed E-state index contributed by atoms with van der Waals surface area (Å²) in [6.07, 6.45) is 0. The van der Waals surface area contributed by atoms with Gasteiger partial charge >= 0.3 is 0 Å². The lowest BCUT2D eigenvalue weighted by Crippen LogP contribution is -2.14. The molecule has 2 aromatic carbocycles. The van der Waals surface area contributed by atoms with Gasteiger partial charge in [-0.1, -0.05) is 17.8 Å². The summed E-state index contributed by atoms with van der Waals surface area (Å²) >= 11 is 1.15. The Kier molecular flexibility index (Phi) is 4.66. The zero-order chi connectivity index (χ0) is 17.1. The summed E-state index contributed by atoms with van der Waals surface area (Å²) in [6, 6.07) is 11.2. The minimum Gasteiger partial charge on any atom is -0.293 e. The number of hydrogen-bond acceptors (Lipinski definition) is 5. The van der Waals surface area contributed by atoms with E-state index in [9.17, 15) is 13.6 Å². The molecule has 5 nitrogen and oxygen atoms in total. The molecule has 0 aliphatic carbocycles. The minimum absolute atomic E-state index is 0.172. The van der Waals surface area contributed by atoms with Gasteiger partial charge in [0.05, 0.1) is 10.9 Å². The number of hydrogen-bond donors (Lipinski definition) is 0. The highest BCUT2D eigenvalue weighted by atomic mass is 32.2. The molecule has 0 saturated heterocycles. The molecule has 0 amide bonds. The molecule has 1 atom stereocenters. The normalized spacial score (nSPS) is 12.1. The molecule has 0 aliphatic rings. The molecule has 122 valence electrons. The van der Waals surface area contributed by atoms with Crippen molar-refractivity contribution in [1.29, 1.82) is 0 Å². The Morgan fingerprint density at radius 3 is 2.58 bits per heavy atom. The molecule has 24 heavy (non-hydrogen) atoms. The molecule has 0 unspecified atom stereocenters. The first-order valence-electron chi connectivity index (χ1n) is 7.05. The first-order chi connectivity index (χ1) is 11.5. The quantitative estimate of drug-likeness (QED) is 0.524. The van der Waals surface area contributed by atoms with Gasteiger partial charge in [0, 0.05) is 5.56 Å². The van der Waals surface area contributed by atoms with E-state index in [1.54, 1.807) is 19.1 Å². The zero-order valence-corrected chi connectivity index (χ0v) is 13.4. The molecule has 3 rings (SSSR count). The van der Waals surface area contributed by atoms with Gasteiger partial charge in [0.15, 0.2) is 5.78 Å². The van der Waals surface area contributed by atoms with Gasteiger partial charge < -0.3 is 0 Å². The Bertz CT molecular complexity index is 867. The van der Waals surface area contributed by atoms with Crippen molar-refractivity contribution in [3.63, 3.8) is 0 Å². The van der Waals surface area contributed by atoms with Crippen LogP contribution in [-0.4, -0.2) is 31.2 Å². The second-order valence-corrected chi connectivity index (χ2v) is 6.29. The summed E-state index contributed by atoms with van der Waals surface area (Å²) in [5.41, 5.74) is 0.866. The van der Waals surface area contributed by atoms with Gasteiger partial charge in [-0.25, -0.2) is 8.78 Å². The molecule has 0 saturated carbocycles. The molecule has 0 aliphatic heterocycles. The maximum Gasteiger partial charge on any atom is 0.214 e. The number of ketones is 1. The van der Waals surface area contributed by atoms with Gasteiger partial charge in [-0.2, -0.15) is 4.68 Å². The summed E-state index contributed by atoms with van der Waals surface area (Å²) in [6.45, 7) is 1.71. The number of carbonyl (C=O) groups is 1. The summed E-state index contributed by atoms with van der Waals surface area (Å²) in [7, 11) is 0. The molecular weight excluding hydrogens is 334 g/mol. The number of Topliss-reactive ketones (excluding diaryl/α,β-unsaturated/α-hetero) is 1. The summed E-state index contributed by atoms with van der Waals surface area (Å²) in [5, 5.41) is 11.2. The molecule has 8 heteroatoms. The highest BCUT2D eigenvalue weighted by Crippen LogP contribution is 2.25. The molecule has 0 bridgehead atoms. The largest absolute Gasteiger partial charge is 0.293 e. The molecule has 0 radical (unpaired) electrons. The van der Waals surface area contributed by atoms with E-state index in [0.29, 0.717) is 16.4 Å². The van der Waals surface area contributed by atoms with Gasteiger partial charge in [0.25, 0.3) is 0 Å². The van der Waals surface area contributed by atoms with Crippen LogP contribution in [0.1, 0.15) is 17.3 Å². The fourth-order valence-electron chi connectivity index (χ4n) is 2.08. The third-order valence-electron chi connectivity index (χ3n) is 3.27. The lowest BCUT2D eigenvalue weighted by molar-refractivity contribution is 0.0994. The number of halogens is 2. The third-order valence-corrected chi connectivity index (χ3v) is 4.31. The van der Waals surface area contributed by atoms with Gasteiger partial charge in [-0.15, -0.1) is 5.10 Å². The summed E-state index contributed by atoms with van der Waals surface area (Å²) < 4.78 is 27.7. The first kappa shape index (κ1) is 16.3. The average Bonchev–Trinajstić information content (AvgIpc) is 3.03. The smallest absolute Gasteiger partial charge is 0.214 e. The van der Waals surface area contributed by atoms with Crippen molar-refractivity contribution in [2.75, 3.05) is 0 Å². The van der Waals surface area contributed by atoms with E-state index >= 15 is 0 Å². The van der Waals surface area contributed by atoms with E-state index in [0.717, 1.165) is 11.8 Å². The summed E-state index contributed by atoms with van der Waals surface area (Å²) in [5.74, 6) is -0.981. The number of carbonyl (C=O) groups excluding carboxylic acids is 1. The second-order valence-electron chi connectivity index (χ2n) is 4.98. The lowest BCUT2D eigenvalue weighted by Gasteiger charge is -2.10. The standard InChI is InChI=1S/C16H12F2N4OS/c1-10(15(23)11-5-7-12(17)8-6-11)24-16-19-20-21-22(16)14-4-2-3-13(18)9-14/h2-10H,1H3/t10-/m0/s1. The van der Waals surface area contributed by atoms with Crippen LogP contribution in [-0.2, 0) is 0 Å². The Balaban J connectivity index is 1.80. The molecule has 0 spiro atoms. The van der Waals surface area contributed by atoms with Crippen LogP contribution in [0.4, 0.5) is 8.78 Å². The van der Waals surface area contributed by atoms with Crippen molar-refractivity contribution >= 4 is 17.5 Å². The van der Waals surface area contributed by atoms with Crippen molar-refractivity contribution < 1.29 is 13.6 Å². The molecule has 0 N–H and O–H groups in total.